The molecular formula is C5H9N2P. The Labute approximate surface area is 51.7 Å². The van der Waals surface area contributed by atoms with Gasteiger partial charge in [-0.25, -0.2) is 4.98 Å². The van der Waals surface area contributed by atoms with Gasteiger partial charge in [-0.15, -0.1) is 0 Å². The second-order valence-corrected chi connectivity index (χ2v) is 1.25. The van der Waals surface area contributed by atoms with Crippen molar-refractivity contribution in [3.63, 3.8) is 0 Å². The first-order valence-electron chi connectivity index (χ1n) is 2.06. The summed E-state index contributed by atoms with van der Waals surface area (Å²) in [6.45, 7) is 0. The zero-order chi connectivity index (χ0) is 5.11. The van der Waals surface area contributed by atoms with E-state index in [1.807, 2.05) is 12.1 Å². The molecule has 1 aromatic heterocycles. The average molecular weight is 128 g/mol. The van der Waals surface area contributed by atoms with Gasteiger partial charge >= 0.3 is 0 Å². The van der Waals surface area contributed by atoms with Crippen LogP contribution >= 0.6 is 9.90 Å². The van der Waals surface area contributed by atoms with Crippen LogP contribution in [0.1, 0.15) is 0 Å². The Morgan fingerprint density at radius 1 is 1.38 bits per heavy atom. The minimum Gasteiger partial charge on any atom is -0.384 e. The first kappa shape index (κ1) is 7.38. The van der Waals surface area contributed by atoms with Crippen LogP contribution in [0.3, 0.4) is 0 Å². The summed E-state index contributed by atoms with van der Waals surface area (Å²) in [5, 5.41) is 0. The molecule has 8 heavy (non-hydrogen) atoms. The topological polar surface area (TPSA) is 38.9 Å². The van der Waals surface area contributed by atoms with E-state index in [4.69, 9.17) is 5.73 Å². The third kappa shape index (κ3) is 1.90. The van der Waals surface area contributed by atoms with E-state index in [1.54, 1.807) is 12.3 Å². The second-order valence-electron chi connectivity index (χ2n) is 1.25. The molecule has 0 radical (unpaired) electrons. The predicted molar refractivity (Wildman–Crippen MR) is 39.8 cm³/mol. The third-order valence-electron chi connectivity index (χ3n) is 0.688. The fraction of sp³-hybridized carbons (Fsp3) is 0. The van der Waals surface area contributed by atoms with E-state index in [9.17, 15) is 0 Å². The number of aromatic nitrogens is 1. The molecule has 0 saturated heterocycles. The van der Waals surface area contributed by atoms with Crippen molar-refractivity contribution in [1.82, 2.24) is 4.98 Å². The van der Waals surface area contributed by atoms with Gasteiger partial charge in [0.2, 0.25) is 0 Å². The number of nitrogens with zero attached hydrogens (tertiary/aromatic N) is 1. The minimum absolute atomic E-state index is 0. The van der Waals surface area contributed by atoms with Gasteiger partial charge in [-0.05, 0) is 12.1 Å². The summed E-state index contributed by atoms with van der Waals surface area (Å²) in [6.07, 6.45) is 1.66. The van der Waals surface area contributed by atoms with Gasteiger partial charge in [0.15, 0.2) is 0 Å². The van der Waals surface area contributed by atoms with E-state index in [2.05, 4.69) is 4.98 Å². The summed E-state index contributed by atoms with van der Waals surface area (Å²) in [7, 11) is 0. The predicted octanol–water partition coefficient (Wildman–Crippen LogP) is 0.722. The van der Waals surface area contributed by atoms with Gasteiger partial charge < -0.3 is 5.73 Å². The maximum Gasteiger partial charge on any atom is 0.123 e. The normalized spacial score (nSPS) is 7.50. The summed E-state index contributed by atoms with van der Waals surface area (Å²) < 4.78 is 0. The molecule has 0 aromatic carbocycles. The van der Waals surface area contributed by atoms with Crippen LogP contribution in [0, 0.1) is 0 Å². The molecule has 0 amide bonds. The van der Waals surface area contributed by atoms with E-state index in [-0.39, 0.29) is 9.90 Å². The van der Waals surface area contributed by atoms with Crippen molar-refractivity contribution in [3.8, 4) is 0 Å². The summed E-state index contributed by atoms with van der Waals surface area (Å²) in [6, 6.07) is 5.43. The van der Waals surface area contributed by atoms with Crippen LogP contribution in [-0.4, -0.2) is 4.98 Å². The smallest absolute Gasteiger partial charge is 0.123 e. The van der Waals surface area contributed by atoms with Gasteiger partial charge in [0.25, 0.3) is 0 Å². The Balaban J connectivity index is 0.000000490. The summed E-state index contributed by atoms with van der Waals surface area (Å²) in [5.41, 5.74) is 5.25. The largest absolute Gasteiger partial charge is 0.384 e. The molecule has 0 bridgehead atoms. The van der Waals surface area contributed by atoms with Gasteiger partial charge in [-0.2, -0.15) is 9.90 Å². The molecule has 1 rings (SSSR count). The Hall–Kier alpha value is -0.620. The number of nitrogens with two attached hydrogens (primary N) is 1. The van der Waals surface area contributed by atoms with Crippen molar-refractivity contribution < 1.29 is 0 Å². The van der Waals surface area contributed by atoms with E-state index < -0.39 is 0 Å². The molecule has 44 valence electrons. The van der Waals surface area contributed by atoms with Gasteiger partial charge in [0.05, 0.1) is 0 Å². The van der Waals surface area contributed by atoms with Crippen molar-refractivity contribution in [2.24, 2.45) is 0 Å². The molecule has 1 aromatic rings. The Morgan fingerprint density at radius 3 is 2.38 bits per heavy atom. The van der Waals surface area contributed by atoms with Crippen LogP contribution < -0.4 is 5.73 Å². The monoisotopic (exact) mass is 128 g/mol. The maximum absolute atomic E-state index is 5.25. The molecule has 2 nitrogen and oxygen atoms in total. The number of nitrogen functional groups attached to an aromatic ring is 1. The van der Waals surface area contributed by atoms with E-state index in [0.29, 0.717) is 5.82 Å². The first-order chi connectivity index (χ1) is 3.39. The van der Waals surface area contributed by atoms with Crippen molar-refractivity contribution in [3.05, 3.63) is 24.4 Å². The van der Waals surface area contributed by atoms with Gasteiger partial charge in [-0.3, -0.25) is 0 Å². The Kier molecular flexibility index (Phi) is 3.13. The van der Waals surface area contributed by atoms with Gasteiger partial charge in [0.1, 0.15) is 5.82 Å². The Bertz CT molecular complexity index is 140. The van der Waals surface area contributed by atoms with Crippen LogP contribution in [0.2, 0.25) is 0 Å². The third-order valence-corrected chi connectivity index (χ3v) is 0.688. The van der Waals surface area contributed by atoms with Gasteiger partial charge in [0, 0.05) is 6.20 Å². The highest BCUT2D eigenvalue weighted by atomic mass is 31.0. The summed E-state index contributed by atoms with van der Waals surface area (Å²) >= 11 is 0. The molecule has 0 aliphatic carbocycles. The highest BCUT2D eigenvalue weighted by molar-refractivity contribution is 6.92. The van der Waals surface area contributed by atoms with Crippen LogP contribution in [0.25, 0.3) is 0 Å². The lowest BCUT2D eigenvalue weighted by Gasteiger charge is -1.82. The van der Waals surface area contributed by atoms with Crippen LogP contribution in [0.5, 0.6) is 0 Å². The lowest BCUT2D eigenvalue weighted by Crippen LogP contribution is -1.85. The number of anilines is 1. The highest BCUT2D eigenvalue weighted by Crippen LogP contribution is 1.89. The van der Waals surface area contributed by atoms with Crippen LogP contribution in [0.15, 0.2) is 24.4 Å². The molecule has 1 heterocycles. The number of hydrogen-bond donors (Lipinski definition) is 1. The molecule has 0 aliphatic heterocycles. The lowest BCUT2D eigenvalue weighted by molar-refractivity contribution is 1.34. The molecule has 3 heteroatoms. The van der Waals surface area contributed by atoms with Crippen molar-refractivity contribution in [2.45, 2.75) is 0 Å². The van der Waals surface area contributed by atoms with Crippen LogP contribution in [-0.2, 0) is 0 Å². The molecule has 0 fully saturated rings. The number of rotatable bonds is 0. The molecule has 0 spiro atoms. The fourth-order valence-electron chi connectivity index (χ4n) is 0.376. The average Bonchev–Trinajstić information content (AvgIpc) is 1.69. The molecular weight excluding hydrogens is 119 g/mol. The molecule has 1 unspecified atom stereocenters. The molecule has 0 aliphatic rings. The van der Waals surface area contributed by atoms with E-state index >= 15 is 0 Å². The quantitative estimate of drug-likeness (QED) is 0.523. The van der Waals surface area contributed by atoms with Crippen molar-refractivity contribution >= 4 is 15.7 Å². The van der Waals surface area contributed by atoms with Crippen LogP contribution in [0.4, 0.5) is 5.82 Å². The lowest BCUT2D eigenvalue weighted by atomic mass is 10.5. The van der Waals surface area contributed by atoms with Crippen molar-refractivity contribution in [2.75, 3.05) is 5.73 Å². The fourth-order valence-corrected chi connectivity index (χ4v) is 0.376. The minimum atomic E-state index is 0. The van der Waals surface area contributed by atoms with E-state index in [1.165, 1.54) is 0 Å². The summed E-state index contributed by atoms with van der Waals surface area (Å²) in [4.78, 5) is 3.76. The number of hydrogen-bond acceptors (Lipinski definition) is 2. The molecule has 0 saturated carbocycles. The molecule has 1 atom stereocenters. The number of pyridine rings is 1. The summed E-state index contributed by atoms with van der Waals surface area (Å²) in [5.74, 6) is 0.572. The molecule has 2 N–H and O–H groups in total. The Morgan fingerprint density at radius 2 is 2.12 bits per heavy atom. The van der Waals surface area contributed by atoms with E-state index in [0.717, 1.165) is 0 Å². The zero-order valence-electron chi connectivity index (χ0n) is 4.54. The standard InChI is InChI=1S/C5H6N2.H3P/c6-5-3-1-2-4-7-5;/h1-4H,(H2,6,7);1H3. The second kappa shape index (κ2) is 3.39. The van der Waals surface area contributed by atoms with Crippen molar-refractivity contribution in [1.29, 1.82) is 0 Å². The maximum atomic E-state index is 5.25. The first-order valence-corrected chi connectivity index (χ1v) is 2.06. The highest BCUT2D eigenvalue weighted by Gasteiger charge is 1.73. The zero-order valence-corrected chi connectivity index (χ0v) is 5.96. The van der Waals surface area contributed by atoms with Gasteiger partial charge in [-0.1, -0.05) is 6.07 Å². The SMILES string of the molecule is Nc1ccccn1.P.